The fraction of sp³-hybridized carbons (Fsp3) is 0.533. The van der Waals surface area contributed by atoms with Crippen LogP contribution in [0.1, 0.15) is 36.3 Å². The highest BCUT2D eigenvalue weighted by Crippen LogP contribution is 2.31. The number of rotatable bonds is 3. The van der Waals surface area contributed by atoms with Crippen LogP contribution in [0.25, 0.3) is 9.88 Å². The van der Waals surface area contributed by atoms with Crippen molar-refractivity contribution in [2.75, 3.05) is 13.1 Å². The summed E-state index contributed by atoms with van der Waals surface area (Å²) in [6.07, 6.45) is 5.54. The number of hydrogen-bond acceptors (Lipinski definition) is 4. The summed E-state index contributed by atoms with van der Waals surface area (Å²) in [5.74, 6) is 0. The van der Waals surface area contributed by atoms with Gasteiger partial charge in [0, 0.05) is 22.5 Å². The van der Waals surface area contributed by atoms with Crippen LogP contribution in [0.5, 0.6) is 0 Å². The van der Waals surface area contributed by atoms with Gasteiger partial charge >= 0.3 is 0 Å². The molecule has 118 valence electrons. The lowest BCUT2D eigenvalue weighted by Gasteiger charge is -2.18. The molecule has 21 heavy (non-hydrogen) atoms. The summed E-state index contributed by atoms with van der Waals surface area (Å²) in [6.45, 7) is 5.72. The van der Waals surface area contributed by atoms with Crippen molar-refractivity contribution in [3.63, 3.8) is 0 Å². The maximum atomic E-state index is 4.57. The summed E-state index contributed by atoms with van der Waals surface area (Å²) in [4.78, 5) is 9.98. The SMILES string of the molecule is Cc1csc(-c2ccc(CN3CCCCCC3)s2)n1.Cl.Cl. The molecule has 0 amide bonds. The molecule has 1 aliphatic heterocycles. The third-order valence-corrected chi connectivity index (χ3v) is 5.77. The van der Waals surface area contributed by atoms with Gasteiger partial charge < -0.3 is 0 Å². The van der Waals surface area contributed by atoms with Crippen molar-refractivity contribution in [2.45, 2.75) is 39.2 Å². The number of nitrogens with zero attached hydrogens (tertiary/aromatic N) is 2. The number of halogens is 2. The highest BCUT2D eigenvalue weighted by atomic mass is 35.5. The van der Waals surface area contributed by atoms with Gasteiger partial charge in [-0.1, -0.05) is 12.8 Å². The van der Waals surface area contributed by atoms with Crippen molar-refractivity contribution in [1.82, 2.24) is 9.88 Å². The Morgan fingerprint density at radius 3 is 2.43 bits per heavy atom. The Balaban J connectivity index is 0.00000110. The Kier molecular flexibility index (Phi) is 8.21. The summed E-state index contributed by atoms with van der Waals surface area (Å²) in [5.41, 5.74) is 1.13. The van der Waals surface area contributed by atoms with Crippen LogP contribution in [0.3, 0.4) is 0 Å². The van der Waals surface area contributed by atoms with E-state index in [0.29, 0.717) is 0 Å². The van der Waals surface area contributed by atoms with Crippen LogP contribution < -0.4 is 0 Å². The summed E-state index contributed by atoms with van der Waals surface area (Å²) in [7, 11) is 0. The lowest BCUT2D eigenvalue weighted by Crippen LogP contribution is -2.23. The molecule has 1 fully saturated rings. The van der Waals surface area contributed by atoms with E-state index in [1.807, 2.05) is 11.3 Å². The van der Waals surface area contributed by atoms with E-state index in [4.69, 9.17) is 0 Å². The average Bonchev–Trinajstić information content (AvgIpc) is 2.94. The highest BCUT2D eigenvalue weighted by molar-refractivity contribution is 7.21. The number of aryl methyl sites for hydroxylation is 1. The average molecular weight is 365 g/mol. The summed E-state index contributed by atoms with van der Waals surface area (Å²) in [6, 6.07) is 4.51. The fourth-order valence-corrected chi connectivity index (χ4v) is 4.48. The molecule has 1 saturated heterocycles. The van der Waals surface area contributed by atoms with Gasteiger partial charge in [-0.2, -0.15) is 0 Å². The normalized spacial score (nSPS) is 15.9. The lowest BCUT2D eigenvalue weighted by atomic mass is 10.2. The van der Waals surface area contributed by atoms with E-state index < -0.39 is 0 Å². The standard InChI is InChI=1S/C15H20N2S2.2ClH/c1-12-11-18-15(16-12)14-7-6-13(19-14)10-17-8-4-2-3-5-9-17;;/h6-7,11H,2-5,8-10H2,1H3;2*1H. The summed E-state index contributed by atoms with van der Waals surface area (Å²) >= 11 is 3.66. The van der Waals surface area contributed by atoms with Gasteiger partial charge in [0.2, 0.25) is 0 Å². The number of likely N-dealkylation sites (tertiary alicyclic amines) is 1. The molecule has 0 aromatic carbocycles. The van der Waals surface area contributed by atoms with Crippen molar-refractivity contribution in [3.8, 4) is 9.88 Å². The molecule has 0 radical (unpaired) electrons. The Morgan fingerprint density at radius 1 is 1.10 bits per heavy atom. The van der Waals surface area contributed by atoms with Gasteiger partial charge in [-0.25, -0.2) is 4.98 Å². The molecule has 0 aliphatic carbocycles. The first-order chi connectivity index (χ1) is 9.31. The van der Waals surface area contributed by atoms with Gasteiger partial charge in [-0.15, -0.1) is 47.5 Å². The first kappa shape index (κ1) is 18.9. The molecule has 6 heteroatoms. The Labute approximate surface area is 147 Å². The van der Waals surface area contributed by atoms with E-state index >= 15 is 0 Å². The van der Waals surface area contributed by atoms with E-state index in [1.165, 1.54) is 53.5 Å². The van der Waals surface area contributed by atoms with Gasteiger partial charge in [-0.05, 0) is 45.0 Å². The first-order valence-corrected chi connectivity index (χ1v) is 8.74. The second kappa shape index (κ2) is 9.11. The van der Waals surface area contributed by atoms with Crippen LogP contribution in [0, 0.1) is 6.92 Å². The van der Waals surface area contributed by atoms with E-state index in [2.05, 4.69) is 34.3 Å². The zero-order valence-electron chi connectivity index (χ0n) is 12.2. The van der Waals surface area contributed by atoms with Gasteiger partial charge in [0.1, 0.15) is 5.01 Å². The molecule has 0 bridgehead atoms. The second-order valence-corrected chi connectivity index (χ2v) is 7.28. The number of hydrogen-bond donors (Lipinski definition) is 0. The zero-order chi connectivity index (χ0) is 13.1. The quantitative estimate of drug-likeness (QED) is 0.724. The number of aromatic nitrogens is 1. The first-order valence-electron chi connectivity index (χ1n) is 7.05. The van der Waals surface area contributed by atoms with Gasteiger partial charge in [0.15, 0.2) is 0 Å². The monoisotopic (exact) mass is 364 g/mol. The molecule has 2 nitrogen and oxygen atoms in total. The number of thiophene rings is 1. The minimum Gasteiger partial charge on any atom is -0.298 e. The van der Waals surface area contributed by atoms with E-state index in [9.17, 15) is 0 Å². The van der Waals surface area contributed by atoms with Crippen LogP contribution in [0.15, 0.2) is 17.5 Å². The predicted molar refractivity (Wildman–Crippen MR) is 98.4 cm³/mol. The van der Waals surface area contributed by atoms with Gasteiger partial charge in [0.25, 0.3) is 0 Å². The highest BCUT2D eigenvalue weighted by Gasteiger charge is 2.12. The molecule has 0 spiro atoms. The van der Waals surface area contributed by atoms with Crippen LogP contribution in [-0.2, 0) is 6.54 Å². The summed E-state index contributed by atoms with van der Waals surface area (Å²) in [5, 5.41) is 3.30. The van der Waals surface area contributed by atoms with Crippen LogP contribution in [0.4, 0.5) is 0 Å². The molecular formula is C15H22Cl2N2S2. The third kappa shape index (κ3) is 5.22. The topological polar surface area (TPSA) is 16.1 Å². The lowest BCUT2D eigenvalue weighted by molar-refractivity contribution is 0.279. The molecule has 0 atom stereocenters. The van der Waals surface area contributed by atoms with Crippen molar-refractivity contribution < 1.29 is 0 Å². The minimum absolute atomic E-state index is 0. The molecule has 3 heterocycles. The summed E-state index contributed by atoms with van der Waals surface area (Å²) < 4.78 is 0. The van der Waals surface area contributed by atoms with E-state index in [0.717, 1.165) is 12.2 Å². The smallest absolute Gasteiger partial charge is 0.133 e. The van der Waals surface area contributed by atoms with Crippen LogP contribution in [-0.4, -0.2) is 23.0 Å². The Morgan fingerprint density at radius 2 is 1.81 bits per heavy atom. The third-order valence-electron chi connectivity index (χ3n) is 3.57. The molecule has 0 N–H and O–H groups in total. The van der Waals surface area contributed by atoms with Crippen molar-refractivity contribution in [3.05, 3.63) is 28.1 Å². The predicted octanol–water partition coefficient (Wildman–Crippen LogP) is 5.40. The Bertz CT molecular complexity index is 531. The fourth-order valence-electron chi connectivity index (χ4n) is 2.56. The maximum Gasteiger partial charge on any atom is 0.133 e. The van der Waals surface area contributed by atoms with Crippen molar-refractivity contribution in [2.24, 2.45) is 0 Å². The van der Waals surface area contributed by atoms with Crippen molar-refractivity contribution in [1.29, 1.82) is 0 Å². The van der Waals surface area contributed by atoms with E-state index in [-0.39, 0.29) is 24.8 Å². The van der Waals surface area contributed by atoms with E-state index in [1.54, 1.807) is 11.3 Å². The van der Waals surface area contributed by atoms with Crippen LogP contribution in [0.2, 0.25) is 0 Å². The molecule has 0 unspecified atom stereocenters. The van der Waals surface area contributed by atoms with Crippen molar-refractivity contribution >= 4 is 47.5 Å². The number of thiazole rings is 1. The molecular weight excluding hydrogens is 343 g/mol. The minimum atomic E-state index is 0. The molecule has 0 saturated carbocycles. The van der Waals surface area contributed by atoms with Gasteiger partial charge in [0.05, 0.1) is 4.88 Å². The molecule has 1 aliphatic rings. The zero-order valence-corrected chi connectivity index (χ0v) is 15.5. The molecule has 2 aromatic heterocycles. The molecule has 2 aromatic rings. The van der Waals surface area contributed by atoms with Gasteiger partial charge in [-0.3, -0.25) is 4.90 Å². The Hall–Kier alpha value is -0.130. The largest absolute Gasteiger partial charge is 0.298 e. The maximum absolute atomic E-state index is 4.57. The second-order valence-electron chi connectivity index (χ2n) is 5.25. The molecule has 3 rings (SSSR count). The van der Waals surface area contributed by atoms with Crippen LogP contribution >= 0.6 is 47.5 Å².